The summed E-state index contributed by atoms with van der Waals surface area (Å²) in [6.07, 6.45) is 1.95. The monoisotopic (exact) mass is 409 g/mol. The van der Waals surface area contributed by atoms with Crippen LogP contribution in [0.25, 0.3) is 0 Å². The SMILES string of the molecule is CCC(O)(CC)C(=O)CCCn1nnc(CBr)c1CBr. The molecule has 0 saturated heterocycles. The van der Waals surface area contributed by atoms with E-state index in [0.717, 1.165) is 11.4 Å². The lowest BCUT2D eigenvalue weighted by Gasteiger charge is -2.23. The quantitative estimate of drug-likeness (QED) is 0.635. The lowest BCUT2D eigenvalue weighted by atomic mass is 9.90. The molecule has 0 bridgehead atoms. The summed E-state index contributed by atoms with van der Waals surface area (Å²) in [5, 5.41) is 19.7. The Hall–Kier alpha value is -0.270. The zero-order valence-corrected chi connectivity index (χ0v) is 15.1. The zero-order valence-electron chi connectivity index (χ0n) is 11.9. The van der Waals surface area contributed by atoms with Crippen LogP contribution in [0.3, 0.4) is 0 Å². The number of halogens is 2. The van der Waals surface area contributed by atoms with Gasteiger partial charge in [-0.25, -0.2) is 4.68 Å². The lowest BCUT2D eigenvalue weighted by molar-refractivity contribution is -0.138. The summed E-state index contributed by atoms with van der Waals surface area (Å²) >= 11 is 6.80. The largest absolute Gasteiger partial charge is 0.382 e. The highest BCUT2D eigenvalue weighted by Gasteiger charge is 2.30. The van der Waals surface area contributed by atoms with Gasteiger partial charge in [0.1, 0.15) is 5.60 Å². The minimum atomic E-state index is -1.17. The molecule has 0 aromatic carbocycles. The van der Waals surface area contributed by atoms with Gasteiger partial charge in [-0.05, 0) is 19.3 Å². The average Bonchev–Trinajstić information content (AvgIpc) is 2.88. The first kappa shape index (κ1) is 17.8. The maximum Gasteiger partial charge on any atom is 0.164 e. The van der Waals surface area contributed by atoms with Crippen molar-refractivity contribution in [3.63, 3.8) is 0 Å². The van der Waals surface area contributed by atoms with Gasteiger partial charge in [0, 0.05) is 23.6 Å². The molecule has 1 rings (SSSR count). The van der Waals surface area contributed by atoms with Crippen molar-refractivity contribution in [2.45, 2.75) is 62.3 Å². The molecule has 0 aliphatic rings. The summed E-state index contributed by atoms with van der Waals surface area (Å²) in [6.45, 7) is 4.31. The molecule has 0 fully saturated rings. The number of aryl methyl sites for hydroxylation is 1. The average molecular weight is 411 g/mol. The summed E-state index contributed by atoms with van der Waals surface area (Å²) in [4.78, 5) is 12.0. The Labute approximate surface area is 136 Å². The van der Waals surface area contributed by atoms with Crippen molar-refractivity contribution in [3.05, 3.63) is 11.4 Å². The number of aromatic nitrogens is 3. The fourth-order valence-corrected chi connectivity index (χ4v) is 3.11. The van der Waals surface area contributed by atoms with Crippen molar-refractivity contribution in [3.8, 4) is 0 Å². The van der Waals surface area contributed by atoms with Crippen LogP contribution in [0.5, 0.6) is 0 Å². The van der Waals surface area contributed by atoms with Gasteiger partial charge in [0.05, 0.1) is 11.4 Å². The number of carbonyl (C=O) groups is 1. The van der Waals surface area contributed by atoms with Crippen molar-refractivity contribution in [2.24, 2.45) is 0 Å². The number of hydrogen-bond donors (Lipinski definition) is 1. The van der Waals surface area contributed by atoms with Crippen molar-refractivity contribution in [2.75, 3.05) is 0 Å². The summed E-state index contributed by atoms with van der Waals surface area (Å²) in [7, 11) is 0. The molecule has 0 unspecified atom stereocenters. The van der Waals surface area contributed by atoms with Gasteiger partial charge in [-0.2, -0.15) is 0 Å². The molecule has 1 aromatic heterocycles. The van der Waals surface area contributed by atoms with Gasteiger partial charge in [0.15, 0.2) is 5.78 Å². The third-order valence-electron chi connectivity index (χ3n) is 3.63. The van der Waals surface area contributed by atoms with Gasteiger partial charge in [0.2, 0.25) is 0 Å². The fraction of sp³-hybridized carbons (Fsp3) is 0.769. The number of carbonyl (C=O) groups excluding carboxylic acids is 1. The standard InChI is InChI=1S/C13H21Br2N3O2/c1-3-13(20,4-2)12(19)6-5-7-18-11(9-15)10(8-14)16-17-18/h20H,3-9H2,1-2H3. The van der Waals surface area contributed by atoms with Gasteiger partial charge in [-0.15, -0.1) is 5.10 Å². The maximum atomic E-state index is 12.0. The molecule has 1 aromatic rings. The Morgan fingerprint density at radius 2 is 1.95 bits per heavy atom. The van der Waals surface area contributed by atoms with E-state index in [4.69, 9.17) is 0 Å². The van der Waals surface area contributed by atoms with Crippen molar-refractivity contribution in [1.82, 2.24) is 15.0 Å². The molecule has 1 heterocycles. The van der Waals surface area contributed by atoms with E-state index in [2.05, 4.69) is 42.2 Å². The van der Waals surface area contributed by atoms with Gasteiger partial charge in [-0.1, -0.05) is 50.9 Å². The highest BCUT2D eigenvalue weighted by molar-refractivity contribution is 9.09. The number of Topliss-reactive ketones (excluding diaryl/α,β-unsaturated/α-hetero) is 1. The molecule has 114 valence electrons. The van der Waals surface area contributed by atoms with E-state index in [0.29, 0.717) is 42.9 Å². The van der Waals surface area contributed by atoms with E-state index in [9.17, 15) is 9.90 Å². The molecule has 0 aliphatic heterocycles. The van der Waals surface area contributed by atoms with Crippen molar-refractivity contribution < 1.29 is 9.90 Å². The molecule has 0 saturated carbocycles. The van der Waals surface area contributed by atoms with E-state index in [1.54, 1.807) is 0 Å². The molecule has 1 N–H and O–H groups in total. The molecule has 0 amide bonds. The molecule has 0 aliphatic carbocycles. The second kappa shape index (κ2) is 8.24. The fourth-order valence-electron chi connectivity index (χ4n) is 2.06. The van der Waals surface area contributed by atoms with Crippen LogP contribution in [0, 0.1) is 0 Å². The smallest absolute Gasteiger partial charge is 0.164 e. The second-order valence-electron chi connectivity index (χ2n) is 4.74. The van der Waals surface area contributed by atoms with Gasteiger partial charge >= 0.3 is 0 Å². The number of alkyl halides is 2. The molecule has 0 atom stereocenters. The minimum Gasteiger partial charge on any atom is -0.382 e. The van der Waals surface area contributed by atoms with Crippen molar-refractivity contribution >= 4 is 37.6 Å². The highest BCUT2D eigenvalue weighted by Crippen LogP contribution is 2.19. The number of ketones is 1. The summed E-state index contributed by atoms with van der Waals surface area (Å²) < 4.78 is 1.82. The number of nitrogens with zero attached hydrogens (tertiary/aromatic N) is 3. The molecule has 0 radical (unpaired) electrons. The Morgan fingerprint density at radius 3 is 2.45 bits per heavy atom. The predicted octanol–water partition coefficient (Wildman–Crippen LogP) is 2.97. The number of rotatable bonds is 9. The molecule has 7 heteroatoms. The normalized spacial score (nSPS) is 11.8. The number of hydrogen-bond acceptors (Lipinski definition) is 4. The van der Waals surface area contributed by atoms with Crippen LogP contribution in [0.15, 0.2) is 0 Å². The molecular weight excluding hydrogens is 390 g/mol. The van der Waals surface area contributed by atoms with E-state index in [1.165, 1.54) is 0 Å². The first-order chi connectivity index (χ1) is 9.52. The highest BCUT2D eigenvalue weighted by atomic mass is 79.9. The summed E-state index contributed by atoms with van der Waals surface area (Å²) in [6, 6.07) is 0. The molecule has 20 heavy (non-hydrogen) atoms. The molecule has 0 spiro atoms. The first-order valence-corrected chi connectivity index (χ1v) is 9.05. The van der Waals surface area contributed by atoms with E-state index < -0.39 is 5.60 Å². The van der Waals surface area contributed by atoms with Gasteiger partial charge < -0.3 is 5.11 Å². The Morgan fingerprint density at radius 1 is 1.30 bits per heavy atom. The van der Waals surface area contributed by atoms with Crippen LogP contribution in [0.4, 0.5) is 0 Å². The lowest BCUT2D eigenvalue weighted by Crippen LogP contribution is -2.37. The van der Waals surface area contributed by atoms with Crippen LogP contribution in [-0.4, -0.2) is 31.5 Å². The Kier molecular flexibility index (Phi) is 7.33. The van der Waals surface area contributed by atoms with Gasteiger partial charge in [-0.3, -0.25) is 4.79 Å². The Balaban J connectivity index is 2.57. The van der Waals surface area contributed by atoms with E-state index in [1.807, 2.05) is 18.5 Å². The first-order valence-electron chi connectivity index (χ1n) is 6.81. The van der Waals surface area contributed by atoms with Crippen LogP contribution >= 0.6 is 31.9 Å². The van der Waals surface area contributed by atoms with Crippen LogP contribution < -0.4 is 0 Å². The second-order valence-corrected chi connectivity index (χ2v) is 5.86. The zero-order chi connectivity index (χ0) is 15.2. The molecular formula is C13H21Br2N3O2. The molecule has 5 nitrogen and oxygen atoms in total. The summed E-state index contributed by atoms with van der Waals surface area (Å²) in [5.74, 6) is -0.0799. The maximum absolute atomic E-state index is 12.0. The number of aliphatic hydroxyl groups is 1. The third-order valence-corrected chi connectivity index (χ3v) is 4.70. The van der Waals surface area contributed by atoms with Crippen molar-refractivity contribution in [1.29, 1.82) is 0 Å². The topological polar surface area (TPSA) is 68.0 Å². The van der Waals surface area contributed by atoms with Gasteiger partial charge in [0.25, 0.3) is 0 Å². The van der Waals surface area contributed by atoms with Crippen LogP contribution in [0.1, 0.15) is 50.9 Å². The predicted molar refractivity (Wildman–Crippen MR) is 85.1 cm³/mol. The van der Waals surface area contributed by atoms with Crippen LogP contribution in [0.2, 0.25) is 0 Å². The minimum absolute atomic E-state index is 0.0799. The van der Waals surface area contributed by atoms with E-state index in [-0.39, 0.29) is 5.78 Å². The van der Waals surface area contributed by atoms with Crippen LogP contribution in [-0.2, 0) is 22.0 Å². The summed E-state index contributed by atoms with van der Waals surface area (Å²) in [5.41, 5.74) is 0.768. The Bertz CT molecular complexity index is 445. The third kappa shape index (κ3) is 4.11. The van der Waals surface area contributed by atoms with E-state index >= 15 is 0 Å².